The van der Waals surface area contributed by atoms with Crippen molar-refractivity contribution in [3.63, 3.8) is 0 Å². The summed E-state index contributed by atoms with van der Waals surface area (Å²) in [5, 5.41) is 3.12. The highest BCUT2D eigenvalue weighted by Crippen LogP contribution is 2.28. The first kappa shape index (κ1) is 14.6. The molecule has 1 unspecified atom stereocenters. The van der Waals surface area contributed by atoms with Gasteiger partial charge in [0.25, 0.3) is 0 Å². The molecule has 1 atom stereocenters. The molecule has 0 fully saturated rings. The summed E-state index contributed by atoms with van der Waals surface area (Å²) in [6.45, 7) is 0.958. The molecule has 17 heavy (non-hydrogen) atoms. The van der Waals surface area contributed by atoms with Gasteiger partial charge in [-0.2, -0.15) is 0 Å². The molecule has 0 heterocycles. The van der Waals surface area contributed by atoms with Gasteiger partial charge < -0.3 is 10.2 Å². The van der Waals surface area contributed by atoms with Crippen molar-refractivity contribution in [3.05, 3.63) is 34.1 Å². The molecule has 0 aliphatic heterocycles. The Kier molecular flexibility index (Phi) is 6.09. The first-order valence-electron chi connectivity index (χ1n) is 5.82. The second-order valence-corrected chi connectivity index (χ2v) is 5.31. The van der Waals surface area contributed by atoms with E-state index < -0.39 is 0 Å². The lowest BCUT2D eigenvalue weighted by Gasteiger charge is -2.25. The lowest BCUT2D eigenvalue weighted by atomic mass is 10.0. The fourth-order valence-corrected chi connectivity index (χ4v) is 2.31. The van der Waals surface area contributed by atoms with Gasteiger partial charge in [-0.1, -0.05) is 15.9 Å². The summed E-state index contributed by atoms with van der Waals surface area (Å²) < 4.78 is 14.8. The van der Waals surface area contributed by atoms with E-state index in [1.807, 2.05) is 27.2 Å². The van der Waals surface area contributed by atoms with Crippen molar-refractivity contribution in [1.29, 1.82) is 0 Å². The molecule has 1 rings (SSSR count). The first-order valence-corrected chi connectivity index (χ1v) is 6.61. The fourth-order valence-electron chi connectivity index (χ4n) is 1.93. The summed E-state index contributed by atoms with van der Waals surface area (Å²) >= 11 is 3.40. The van der Waals surface area contributed by atoms with Crippen LogP contribution in [-0.4, -0.2) is 32.6 Å². The lowest BCUT2D eigenvalue weighted by molar-refractivity contribution is 0.272. The maximum atomic E-state index is 13.8. The van der Waals surface area contributed by atoms with E-state index in [4.69, 9.17) is 0 Å². The zero-order valence-corrected chi connectivity index (χ0v) is 12.2. The standard InChI is InChI=1S/C13H20BrFN2/c1-16-8-4-5-13(17(2)3)11-9-10(14)6-7-12(11)15/h6-7,9,13,16H,4-5,8H2,1-3H3. The van der Waals surface area contributed by atoms with Crippen LogP contribution in [0.3, 0.4) is 0 Å². The summed E-state index contributed by atoms with van der Waals surface area (Å²) in [5.41, 5.74) is 0.764. The van der Waals surface area contributed by atoms with Crippen LogP contribution < -0.4 is 5.32 Å². The predicted octanol–water partition coefficient (Wildman–Crippen LogP) is 3.19. The van der Waals surface area contributed by atoms with Crippen molar-refractivity contribution in [2.24, 2.45) is 0 Å². The monoisotopic (exact) mass is 302 g/mol. The Morgan fingerprint density at radius 3 is 2.71 bits per heavy atom. The van der Waals surface area contributed by atoms with E-state index in [-0.39, 0.29) is 11.9 Å². The summed E-state index contributed by atoms with van der Waals surface area (Å²) in [7, 11) is 5.92. The summed E-state index contributed by atoms with van der Waals surface area (Å²) in [4.78, 5) is 2.07. The molecule has 0 spiro atoms. The molecular weight excluding hydrogens is 283 g/mol. The minimum atomic E-state index is -0.128. The van der Waals surface area contributed by atoms with Crippen LogP contribution in [-0.2, 0) is 0 Å². The average Bonchev–Trinajstić information content (AvgIpc) is 2.28. The Hall–Kier alpha value is -0.450. The van der Waals surface area contributed by atoms with Crippen LogP contribution in [0.5, 0.6) is 0 Å². The third-order valence-electron chi connectivity index (χ3n) is 2.84. The molecule has 1 N–H and O–H groups in total. The lowest BCUT2D eigenvalue weighted by Crippen LogP contribution is -2.22. The number of hydrogen-bond donors (Lipinski definition) is 1. The van der Waals surface area contributed by atoms with E-state index in [1.165, 1.54) is 6.07 Å². The molecule has 1 aromatic carbocycles. The second-order valence-electron chi connectivity index (χ2n) is 4.39. The van der Waals surface area contributed by atoms with Gasteiger partial charge in [-0.15, -0.1) is 0 Å². The van der Waals surface area contributed by atoms with E-state index in [2.05, 4.69) is 26.1 Å². The van der Waals surface area contributed by atoms with Crippen molar-refractivity contribution in [3.8, 4) is 0 Å². The zero-order chi connectivity index (χ0) is 12.8. The Bertz CT molecular complexity index is 355. The molecule has 4 heteroatoms. The van der Waals surface area contributed by atoms with Gasteiger partial charge in [-0.05, 0) is 58.7 Å². The molecule has 1 aromatic rings. The molecule has 0 aliphatic rings. The predicted molar refractivity (Wildman–Crippen MR) is 73.7 cm³/mol. The Balaban J connectivity index is 2.85. The number of nitrogens with one attached hydrogen (secondary N) is 1. The number of hydrogen-bond acceptors (Lipinski definition) is 2. The molecule has 0 aliphatic carbocycles. The van der Waals surface area contributed by atoms with Gasteiger partial charge in [-0.3, -0.25) is 0 Å². The van der Waals surface area contributed by atoms with Gasteiger partial charge in [-0.25, -0.2) is 4.39 Å². The summed E-state index contributed by atoms with van der Waals surface area (Å²) in [6, 6.07) is 5.26. The van der Waals surface area contributed by atoms with Gasteiger partial charge in [0.15, 0.2) is 0 Å². The highest BCUT2D eigenvalue weighted by Gasteiger charge is 2.17. The van der Waals surface area contributed by atoms with Crippen LogP contribution in [0.2, 0.25) is 0 Å². The maximum Gasteiger partial charge on any atom is 0.128 e. The summed E-state index contributed by atoms with van der Waals surface area (Å²) in [6.07, 6.45) is 1.98. The van der Waals surface area contributed by atoms with Crippen LogP contribution in [0.4, 0.5) is 4.39 Å². The number of rotatable bonds is 6. The van der Waals surface area contributed by atoms with E-state index in [0.29, 0.717) is 0 Å². The highest BCUT2D eigenvalue weighted by atomic mass is 79.9. The average molecular weight is 303 g/mol. The Morgan fingerprint density at radius 1 is 1.41 bits per heavy atom. The SMILES string of the molecule is CNCCCC(c1cc(Br)ccc1F)N(C)C. The van der Waals surface area contributed by atoms with Crippen molar-refractivity contribution in [2.45, 2.75) is 18.9 Å². The molecule has 0 saturated heterocycles. The molecule has 0 amide bonds. The van der Waals surface area contributed by atoms with Crippen LogP contribution in [0, 0.1) is 5.82 Å². The van der Waals surface area contributed by atoms with Gasteiger partial charge in [0, 0.05) is 16.1 Å². The van der Waals surface area contributed by atoms with Gasteiger partial charge in [0.05, 0.1) is 0 Å². The van der Waals surface area contributed by atoms with E-state index >= 15 is 0 Å². The number of nitrogens with zero attached hydrogens (tertiary/aromatic N) is 1. The van der Waals surface area contributed by atoms with Crippen molar-refractivity contribution in [2.75, 3.05) is 27.7 Å². The van der Waals surface area contributed by atoms with Gasteiger partial charge in [0.2, 0.25) is 0 Å². The molecule has 96 valence electrons. The summed E-state index contributed by atoms with van der Waals surface area (Å²) in [5.74, 6) is -0.128. The van der Waals surface area contributed by atoms with Crippen LogP contribution in [0.1, 0.15) is 24.4 Å². The molecule has 2 nitrogen and oxygen atoms in total. The largest absolute Gasteiger partial charge is 0.320 e. The number of halogens is 2. The minimum Gasteiger partial charge on any atom is -0.320 e. The number of benzene rings is 1. The van der Waals surface area contributed by atoms with Crippen molar-refractivity contribution in [1.82, 2.24) is 10.2 Å². The first-order chi connectivity index (χ1) is 8.06. The smallest absolute Gasteiger partial charge is 0.128 e. The van der Waals surface area contributed by atoms with Crippen molar-refractivity contribution < 1.29 is 4.39 Å². The van der Waals surface area contributed by atoms with Crippen molar-refractivity contribution >= 4 is 15.9 Å². The molecule has 0 saturated carbocycles. The van der Waals surface area contributed by atoms with E-state index in [0.717, 1.165) is 29.4 Å². The molecule has 0 aromatic heterocycles. The fraction of sp³-hybridized carbons (Fsp3) is 0.538. The maximum absolute atomic E-state index is 13.8. The molecule has 0 radical (unpaired) electrons. The van der Waals surface area contributed by atoms with E-state index in [1.54, 1.807) is 6.07 Å². The van der Waals surface area contributed by atoms with Crippen LogP contribution >= 0.6 is 15.9 Å². The van der Waals surface area contributed by atoms with Gasteiger partial charge >= 0.3 is 0 Å². The molecule has 0 bridgehead atoms. The third kappa shape index (κ3) is 4.37. The van der Waals surface area contributed by atoms with Gasteiger partial charge in [0.1, 0.15) is 5.82 Å². The van der Waals surface area contributed by atoms with Crippen LogP contribution in [0.15, 0.2) is 22.7 Å². The zero-order valence-electron chi connectivity index (χ0n) is 10.6. The second kappa shape index (κ2) is 7.09. The molecular formula is C13H20BrFN2. The Morgan fingerprint density at radius 2 is 2.12 bits per heavy atom. The minimum absolute atomic E-state index is 0.126. The topological polar surface area (TPSA) is 15.3 Å². The quantitative estimate of drug-likeness (QED) is 0.812. The Labute approximate surface area is 111 Å². The third-order valence-corrected chi connectivity index (χ3v) is 3.34. The normalized spacial score (nSPS) is 13.1. The van der Waals surface area contributed by atoms with Crippen LogP contribution in [0.25, 0.3) is 0 Å². The van der Waals surface area contributed by atoms with E-state index in [9.17, 15) is 4.39 Å². The highest BCUT2D eigenvalue weighted by molar-refractivity contribution is 9.10.